The summed E-state index contributed by atoms with van der Waals surface area (Å²) in [7, 11) is 0. The van der Waals surface area contributed by atoms with Crippen LogP contribution in [-0.2, 0) is 6.54 Å². The first kappa shape index (κ1) is 17.4. The van der Waals surface area contributed by atoms with Gasteiger partial charge in [0.15, 0.2) is 0 Å². The van der Waals surface area contributed by atoms with Crippen LogP contribution in [0.4, 0.5) is 5.95 Å². The van der Waals surface area contributed by atoms with Gasteiger partial charge in [-0.2, -0.15) is 0 Å². The highest BCUT2D eigenvalue weighted by Gasteiger charge is 2.29. The smallest absolute Gasteiger partial charge is 0.255 e. The normalized spacial score (nSPS) is 15.9. The maximum absolute atomic E-state index is 12.7. The summed E-state index contributed by atoms with van der Waals surface area (Å²) >= 11 is 0. The maximum atomic E-state index is 12.7. The van der Waals surface area contributed by atoms with Crippen LogP contribution in [0.5, 0.6) is 0 Å². The lowest BCUT2D eigenvalue weighted by molar-refractivity contribution is 0.145. The van der Waals surface area contributed by atoms with Gasteiger partial charge in [-0.1, -0.05) is 30.3 Å². The molecule has 7 heteroatoms. The molecule has 0 amide bonds. The third-order valence-electron chi connectivity index (χ3n) is 4.96. The van der Waals surface area contributed by atoms with E-state index in [1.54, 1.807) is 16.8 Å². The van der Waals surface area contributed by atoms with Gasteiger partial charge in [0.2, 0.25) is 5.95 Å². The van der Waals surface area contributed by atoms with Crippen LogP contribution in [0.2, 0.25) is 0 Å². The fourth-order valence-corrected chi connectivity index (χ4v) is 3.48. The Balaban J connectivity index is 1.74. The summed E-state index contributed by atoms with van der Waals surface area (Å²) in [5.74, 6) is 0.574. The number of anilines is 1. The maximum Gasteiger partial charge on any atom is 0.255 e. The Hall–Kier alpha value is -3.06. The molecule has 1 aliphatic rings. The van der Waals surface area contributed by atoms with Crippen molar-refractivity contribution in [2.45, 2.75) is 32.0 Å². The number of fused-ring (bicyclic) bond motifs is 1. The second-order valence-electron chi connectivity index (χ2n) is 6.67. The second kappa shape index (κ2) is 7.28. The van der Waals surface area contributed by atoms with Gasteiger partial charge >= 0.3 is 0 Å². The largest absolute Gasteiger partial charge is 0.386 e. The van der Waals surface area contributed by atoms with Gasteiger partial charge in [-0.15, -0.1) is 0 Å². The highest BCUT2D eigenvalue weighted by Crippen LogP contribution is 2.28. The van der Waals surface area contributed by atoms with E-state index in [1.165, 1.54) is 12.4 Å². The van der Waals surface area contributed by atoms with Gasteiger partial charge in [0.25, 0.3) is 5.56 Å². The first-order valence-electron chi connectivity index (χ1n) is 9.03. The topological polar surface area (TPSA) is 84.1 Å². The van der Waals surface area contributed by atoms with Gasteiger partial charge < -0.3 is 10.0 Å². The Morgan fingerprint density at radius 1 is 1.11 bits per heavy atom. The van der Waals surface area contributed by atoms with Crippen molar-refractivity contribution in [1.29, 1.82) is 0 Å². The fourth-order valence-electron chi connectivity index (χ4n) is 3.48. The molecule has 1 N–H and O–H groups in total. The fraction of sp³-hybridized carbons (Fsp3) is 0.300. The number of hydrogen-bond acceptors (Lipinski definition) is 6. The third-order valence-corrected chi connectivity index (χ3v) is 4.96. The van der Waals surface area contributed by atoms with Gasteiger partial charge in [-0.3, -0.25) is 9.36 Å². The molecule has 2 atom stereocenters. The quantitative estimate of drug-likeness (QED) is 0.764. The lowest BCUT2D eigenvalue weighted by atomic mass is 10.0. The van der Waals surface area contributed by atoms with Gasteiger partial charge in [0.1, 0.15) is 6.33 Å². The SMILES string of the molecule is CC(C(O)c1ccccc1)N1CCCn2c1nc(-c1ccncn1)cc2=O. The van der Waals surface area contributed by atoms with Crippen molar-refractivity contribution in [3.8, 4) is 11.4 Å². The second-order valence-corrected chi connectivity index (χ2v) is 6.67. The van der Waals surface area contributed by atoms with E-state index in [1.807, 2.05) is 42.2 Å². The Labute approximate surface area is 157 Å². The van der Waals surface area contributed by atoms with Crippen molar-refractivity contribution in [2.24, 2.45) is 0 Å². The minimum absolute atomic E-state index is 0.111. The summed E-state index contributed by atoms with van der Waals surface area (Å²) in [6, 6.07) is 12.6. The van der Waals surface area contributed by atoms with Gasteiger partial charge in [-0.05, 0) is 25.0 Å². The Bertz CT molecular complexity index is 975. The molecule has 1 aliphatic heterocycles. The van der Waals surface area contributed by atoms with Crippen molar-refractivity contribution >= 4 is 5.95 Å². The van der Waals surface area contributed by atoms with E-state index in [0.717, 1.165) is 18.5 Å². The zero-order chi connectivity index (χ0) is 18.8. The molecule has 0 radical (unpaired) electrons. The minimum Gasteiger partial charge on any atom is -0.386 e. The summed E-state index contributed by atoms with van der Waals surface area (Å²) in [4.78, 5) is 27.5. The molecule has 138 valence electrons. The highest BCUT2D eigenvalue weighted by atomic mass is 16.3. The number of aliphatic hydroxyl groups is 1. The first-order valence-corrected chi connectivity index (χ1v) is 9.03. The van der Waals surface area contributed by atoms with Crippen LogP contribution in [-0.4, -0.2) is 37.2 Å². The van der Waals surface area contributed by atoms with Crippen LogP contribution in [0.3, 0.4) is 0 Å². The van der Waals surface area contributed by atoms with E-state index in [0.29, 0.717) is 23.9 Å². The summed E-state index contributed by atoms with van der Waals surface area (Å²) in [6.07, 6.45) is 3.21. The average molecular weight is 363 g/mol. The van der Waals surface area contributed by atoms with Crippen LogP contribution in [0.1, 0.15) is 25.0 Å². The molecule has 2 unspecified atom stereocenters. The van der Waals surface area contributed by atoms with Crippen molar-refractivity contribution in [2.75, 3.05) is 11.4 Å². The van der Waals surface area contributed by atoms with E-state index in [4.69, 9.17) is 4.98 Å². The molecular weight excluding hydrogens is 342 g/mol. The number of rotatable bonds is 4. The van der Waals surface area contributed by atoms with Gasteiger partial charge in [-0.25, -0.2) is 15.0 Å². The number of hydrogen-bond donors (Lipinski definition) is 1. The molecule has 3 heterocycles. The Morgan fingerprint density at radius 3 is 2.67 bits per heavy atom. The molecule has 2 aromatic heterocycles. The molecule has 27 heavy (non-hydrogen) atoms. The predicted octanol–water partition coefficient (Wildman–Crippen LogP) is 2.03. The van der Waals surface area contributed by atoms with Crippen LogP contribution < -0.4 is 10.5 Å². The standard InChI is InChI=1S/C20H21N5O2/c1-14(19(27)15-6-3-2-4-7-15)24-10-5-11-25-18(26)12-17(23-20(24)25)16-8-9-21-13-22-16/h2-4,6-9,12-14,19,27H,5,10-11H2,1H3. The van der Waals surface area contributed by atoms with E-state index >= 15 is 0 Å². The Kier molecular flexibility index (Phi) is 4.68. The summed E-state index contributed by atoms with van der Waals surface area (Å²) in [5.41, 5.74) is 1.85. The number of nitrogens with zero attached hydrogens (tertiary/aromatic N) is 5. The molecule has 1 aromatic carbocycles. The molecule has 7 nitrogen and oxygen atoms in total. The van der Waals surface area contributed by atoms with Crippen molar-refractivity contribution in [1.82, 2.24) is 19.5 Å². The summed E-state index contributed by atoms with van der Waals surface area (Å²) in [6.45, 7) is 3.30. The predicted molar refractivity (Wildman–Crippen MR) is 102 cm³/mol. The molecular formula is C20H21N5O2. The number of benzene rings is 1. The van der Waals surface area contributed by atoms with E-state index in [-0.39, 0.29) is 11.6 Å². The molecule has 0 spiro atoms. The highest BCUT2D eigenvalue weighted by molar-refractivity contribution is 5.55. The van der Waals surface area contributed by atoms with Crippen LogP contribution in [0.15, 0.2) is 59.8 Å². The van der Waals surface area contributed by atoms with Crippen molar-refractivity contribution < 1.29 is 5.11 Å². The zero-order valence-corrected chi connectivity index (χ0v) is 15.1. The van der Waals surface area contributed by atoms with Gasteiger partial charge in [0.05, 0.1) is 23.5 Å². The zero-order valence-electron chi connectivity index (χ0n) is 15.1. The van der Waals surface area contributed by atoms with Crippen molar-refractivity contribution in [3.63, 3.8) is 0 Å². The van der Waals surface area contributed by atoms with Gasteiger partial charge in [0, 0.05) is 25.4 Å². The van der Waals surface area contributed by atoms with Crippen LogP contribution >= 0.6 is 0 Å². The molecule has 0 saturated heterocycles. The molecule has 0 saturated carbocycles. The summed E-state index contributed by atoms with van der Waals surface area (Å²) < 4.78 is 1.67. The lowest BCUT2D eigenvalue weighted by Gasteiger charge is -2.37. The van der Waals surface area contributed by atoms with E-state index in [9.17, 15) is 9.90 Å². The number of aromatic nitrogens is 4. The van der Waals surface area contributed by atoms with E-state index < -0.39 is 6.10 Å². The first-order chi connectivity index (χ1) is 13.1. The molecule has 0 bridgehead atoms. The third kappa shape index (κ3) is 3.33. The monoisotopic (exact) mass is 363 g/mol. The molecule has 0 aliphatic carbocycles. The molecule has 3 aromatic rings. The van der Waals surface area contributed by atoms with Crippen LogP contribution in [0, 0.1) is 0 Å². The lowest BCUT2D eigenvalue weighted by Crippen LogP contribution is -2.45. The average Bonchev–Trinajstić information content (AvgIpc) is 2.73. The Morgan fingerprint density at radius 2 is 1.93 bits per heavy atom. The minimum atomic E-state index is -0.683. The molecule has 4 rings (SSSR count). The van der Waals surface area contributed by atoms with Crippen molar-refractivity contribution in [3.05, 3.63) is 70.9 Å². The summed E-state index contributed by atoms with van der Waals surface area (Å²) in [5, 5.41) is 10.8. The van der Waals surface area contributed by atoms with E-state index in [2.05, 4.69) is 9.97 Å². The van der Waals surface area contributed by atoms with Crippen LogP contribution in [0.25, 0.3) is 11.4 Å². The number of aliphatic hydroxyl groups excluding tert-OH is 1. The molecule has 0 fully saturated rings.